The van der Waals surface area contributed by atoms with Crippen molar-refractivity contribution >= 4 is 27.3 Å². The summed E-state index contributed by atoms with van der Waals surface area (Å²) in [7, 11) is -4.06. The second-order valence-electron chi connectivity index (χ2n) is 6.73. The number of para-hydroxylation sites is 2. The normalized spacial score (nSPS) is 11.2. The fraction of sp³-hybridized carbons (Fsp3) is 0.174. The number of sulfonamides is 1. The van der Waals surface area contributed by atoms with E-state index in [1.807, 2.05) is 32.0 Å². The van der Waals surface area contributed by atoms with Crippen molar-refractivity contribution in [1.29, 1.82) is 0 Å². The zero-order valence-electron chi connectivity index (χ0n) is 16.8. The van der Waals surface area contributed by atoms with Gasteiger partial charge in [0.2, 0.25) is 0 Å². The van der Waals surface area contributed by atoms with E-state index in [-0.39, 0.29) is 16.1 Å². The molecule has 0 saturated heterocycles. The third kappa shape index (κ3) is 4.68. The molecular weight excluding hydrogens is 403 g/mol. The van der Waals surface area contributed by atoms with Crippen molar-refractivity contribution in [3.63, 3.8) is 0 Å². The Morgan fingerprint density at radius 1 is 0.900 bits per heavy atom. The van der Waals surface area contributed by atoms with E-state index in [1.165, 1.54) is 42.5 Å². The molecule has 0 heterocycles. The van der Waals surface area contributed by atoms with Crippen LogP contribution in [0.3, 0.4) is 0 Å². The number of amides is 1. The monoisotopic (exact) mass is 426 g/mol. The Balaban J connectivity index is 1.89. The van der Waals surface area contributed by atoms with E-state index < -0.39 is 21.7 Å². The number of rotatable bonds is 7. The average molecular weight is 427 g/mol. The van der Waals surface area contributed by atoms with Gasteiger partial charge in [-0.25, -0.2) is 12.8 Å². The predicted molar refractivity (Wildman–Crippen MR) is 117 cm³/mol. The molecule has 0 spiro atoms. The minimum Gasteiger partial charge on any atom is -0.321 e. The first-order chi connectivity index (χ1) is 14.4. The van der Waals surface area contributed by atoms with Crippen LogP contribution >= 0.6 is 0 Å². The van der Waals surface area contributed by atoms with Crippen LogP contribution < -0.4 is 10.0 Å². The number of hydrogen-bond acceptors (Lipinski definition) is 3. The van der Waals surface area contributed by atoms with Gasteiger partial charge < -0.3 is 5.32 Å². The number of carbonyl (C=O) groups excluding carboxylic acids is 1. The summed E-state index contributed by atoms with van der Waals surface area (Å²) in [6.45, 7) is 4.01. The Labute approximate surface area is 176 Å². The Bertz CT molecular complexity index is 1150. The molecule has 30 heavy (non-hydrogen) atoms. The average Bonchev–Trinajstić information content (AvgIpc) is 2.75. The molecule has 0 radical (unpaired) electrons. The molecule has 0 fully saturated rings. The minimum atomic E-state index is -4.06. The first-order valence-electron chi connectivity index (χ1n) is 9.65. The van der Waals surface area contributed by atoms with Gasteiger partial charge in [-0.3, -0.25) is 9.52 Å². The number of aryl methyl sites for hydroxylation is 2. The van der Waals surface area contributed by atoms with Gasteiger partial charge in [0.05, 0.1) is 10.6 Å². The SMILES string of the molecule is CCc1cccc(CC)c1NC(=O)c1cccc(S(=O)(=O)Nc2ccccc2F)c1. The van der Waals surface area contributed by atoms with Crippen molar-refractivity contribution in [3.05, 3.63) is 89.2 Å². The van der Waals surface area contributed by atoms with E-state index >= 15 is 0 Å². The summed E-state index contributed by atoms with van der Waals surface area (Å²) in [5, 5.41) is 2.92. The van der Waals surface area contributed by atoms with Crippen LogP contribution in [0.5, 0.6) is 0 Å². The Hall–Kier alpha value is -3.19. The molecule has 0 aromatic heterocycles. The molecule has 0 saturated carbocycles. The maximum atomic E-state index is 13.8. The van der Waals surface area contributed by atoms with Crippen molar-refractivity contribution in [2.24, 2.45) is 0 Å². The number of hydrogen-bond donors (Lipinski definition) is 2. The van der Waals surface area contributed by atoms with Crippen LogP contribution in [0.2, 0.25) is 0 Å². The molecule has 3 aromatic rings. The molecule has 0 unspecified atom stereocenters. The maximum absolute atomic E-state index is 13.8. The number of nitrogens with one attached hydrogen (secondary N) is 2. The third-order valence-corrected chi connectivity index (χ3v) is 6.13. The zero-order chi connectivity index (χ0) is 21.7. The molecule has 0 atom stereocenters. The molecule has 3 aromatic carbocycles. The van der Waals surface area contributed by atoms with Crippen LogP contribution in [0.1, 0.15) is 35.3 Å². The second kappa shape index (κ2) is 9.09. The summed E-state index contributed by atoms with van der Waals surface area (Å²) in [5.41, 5.74) is 2.81. The Morgan fingerprint density at radius 2 is 1.53 bits per heavy atom. The number of benzene rings is 3. The highest BCUT2D eigenvalue weighted by molar-refractivity contribution is 7.92. The van der Waals surface area contributed by atoms with Crippen LogP contribution in [0.15, 0.2) is 71.6 Å². The van der Waals surface area contributed by atoms with Gasteiger partial charge >= 0.3 is 0 Å². The van der Waals surface area contributed by atoms with Crippen LogP contribution in [-0.2, 0) is 22.9 Å². The minimum absolute atomic E-state index is 0.127. The smallest absolute Gasteiger partial charge is 0.262 e. The summed E-state index contributed by atoms with van der Waals surface area (Å²) in [6, 6.07) is 17.0. The van der Waals surface area contributed by atoms with Gasteiger partial charge in [0.1, 0.15) is 5.82 Å². The highest BCUT2D eigenvalue weighted by atomic mass is 32.2. The highest BCUT2D eigenvalue weighted by Gasteiger charge is 2.19. The Morgan fingerprint density at radius 3 is 2.17 bits per heavy atom. The largest absolute Gasteiger partial charge is 0.321 e. The quantitative estimate of drug-likeness (QED) is 0.558. The topological polar surface area (TPSA) is 75.3 Å². The van der Waals surface area contributed by atoms with E-state index in [2.05, 4.69) is 10.0 Å². The van der Waals surface area contributed by atoms with Crippen LogP contribution in [0.4, 0.5) is 15.8 Å². The van der Waals surface area contributed by atoms with E-state index in [1.54, 1.807) is 0 Å². The number of halogens is 1. The summed E-state index contributed by atoms with van der Waals surface area (Å²) in [4.78, 5) is 12.7. The second-order valence-corrected chi connectivity index (χ2v) is 8.41. The number of carbonyl (C=O) groups is 1. The molecule has 0 aliphatic heterocycles. The lowest BCUT2D eigenvalue weighted by molar-refractivity contribution is 0.102. The molecule has 2 N–H and O–H groups in total. The van der Waals surface area contributed by atoms with Gasteiger partial charge in [0, 0.05) is 11.3 Å². The number of anilines is 2. The molecule has 3 rings (SSSR count). The summed E-state index contributed by atoms with van der Waals surface area (Å²) >= 11 is 0. The van der Waals surface area contributed by atoms with Crippen LogP contribution in [-0.4, -0.2) is 14.3 Å². The van der Waals surface area contributed by atoms with Gasteiger partial charge in [-0.05, 0) is 54.3 Å². The van der Waals surface area contributed by atoms with Crippen molar-refractivity contribution < 1.29 is 17.6 Å². The first-order valence-corrected chi connectivity index (χ1v) is 11.1. The Kier molecular flexibility index (Phi) is 6.52. The first kappa shape index (κ1) is 21.5. The molecule has 1 amide bonds. The van der Waals surface area contributed by atoms with Crippen molar-refractivity contribution in [1.82, 2.24) is 0 Å². The van der Waals surface area contributed by atoms with Crippen molar-refractivity contribution in [2.45, 2.75) is 31.6 Å². The lowest BCUT2D eigenvalue weighted by Gasteiger charge is -2.15. The predicted octanol–water partition coefficient (Wildman–Crippen LogP) is 5.00. The van der Waals surface area contributed by atoms with Crippen LogP contribution in [0, 0.1) is 5.82 Å². The van der Waals surface area contributed by atoms with Gasteiger partial charge in [-0.1, -0.05) is 50.2 Å². The van der Waals surface area contributed by atoms with Gasteiger partial charge in [-0.15, -0.1) is 0 Å². The molecule has 0 bridgehead atoms. The van der Waals surface area contributed by atoms with E-state index in [9.17, 15) is 17.6 Å². The maximum Gasteiger partial charge on any atom is 0.262 e. The van der Waals surface area contributed by atoms with E-state index in [0.717, 1.165) is 35.7 Å². The third-order valence-electron chi connectivity index (χ3n) is 4.76. The van der Waals surface area contributed by atoms with Crippen LogP contribution in [0.25, 0.3) is 0 Å². The van der Waals surface area contributed by atoms with E-state index in [0.29, 0.717) is 0 Å². The van der Waals surface area contributed by atoms with E-state index in [4.69, 9.17) is 0 Å². The molecule has 5 nitrogen and oxygen atoms in total. The molecule has 156 valence electrons. The molecular formula is C23H23FN2O3S. The highest BCUT2D eigenvalue weighted by Crippen LogP contribution is 2.24. The molecule has 0 aliphatic carbocycles. The van der Waals surface area contributed by atoms with Gasteiger partial charge in [0.25, 0.3) is 15.9 Å². The molecule has 0 aliphatic rings. The zero-order valence-corrected chi connectivity index (χ0v) is 17.6. The fourth-order valence-corrected chi connectivity index (χ4v) is 4.25. The van der Waals surface area contributed by atoms with Crippen molar-refractivity contribution in [3.8, 4) is 0 Å². The van der Waals surface area contributed by atoms with Gasteiger partial charge in [-0.2, -0.15) is 0 Å². The van der Waals surface area contributed by atoms with Crippen molar-refractivity contribution in [2.75, 3.05) is 10.0 Å². The standard InChI is InChI=1S/C23H23FN2O3S/c1-3-16-9-7-10-17(4-2)22(16)25-23(27)18-11-8-12-19(15-18)30(28,29)26-21-14-6-5-13-20(21)24/h5-15,26H,3-4H2,1-2H3,(H,25,27). The van der Waals surface area contributed by atoms with Gasteiger partial charge in [0.15, 0.2) is 0 Å². The summed E-state index contributed by atoms with van der Waals surface area (Å²) < 4.78 is 41.4. The lowest BCUT2D eigenvalue weighted by atomic mass is 10.0. The molecule has 7 heteroatoms. The fourth-order valence-electron chi connectivity index (χ4n) is 3.14. The summed E-state index contributed by atoms with van der Waals surface area (Å²) in [6.07, 6.45) is 1.51. The summed E-state index contributed by atoms with van der Waals surface area (Å²) in [5.74, 6) is -1.09. The lowest BCUT2D eigenvalue weighted by Crippen LogP contribution is -2.17.